The van der Waals surface area contributed by atoms with Gasteiger partial charge in [0.15, 0.2) is 5.79 Å². The molecule has 0 unspecified atom stereocenters. The minimum absolute atomic E-state index is 0.0754. The number of rotatable bonds is 4. The van der Waals surface area contributed by atoms with Crippen molar-refractivity contribution in [3.63, 3.8) is 0 Å². The molecule has 1 N–H and O–H groups in total. The van der Waals surface area contributed by atoms with Crippen molar-refractivity contribution in [3.05, 3.63) is 60.7 Å². The van der Waals surface area contributed by atoms with Gasteiger partial charge in [-0.3, -0.25) is 0 Å². The standard InChI is InChI=1S/C19H24O2Si/c1-18(2,3)22(21-19(20)14-15-19,16-10-6-4-7-11-16)17-12-8-5-9-13-17/h4-13,20H,14-15H2,1-3H3. The molecule has 2 aromatic rings. The third-order valence-electron chi connectivity index (χ3n) is 4.44. The van der Waals surface area contributed by atoms with E-state index in [0.717, 1.165) is 12.8 Å². The minimum Gasteiger partial charge on any atom is -0.380 e. The van der Waals surface area contributed by atoms with Crippen LogP contribution in [0.4, 0.5) is 0 Å². The Kier molecular flexibility index (Phi) is 3.75. The van der Waals surface area contributed by atoms with Gasteiger partial charge < -0.3 is 9.53 Å². The van der Waals surface area contributed by atoms with Crippen LogP contribution in [0.15, 0.2) is 60.7 Å². The van der Waals surface area contributed by atoms with Crippen molar-refractivity contribution in [3.8, 4) is 0 Å². The van der Waals surface area contributed by atoms with E-state index in [1.54, 1.807) is 0 Å². The molecule has 0 saturated heterocycles. The molecule has 0 bridgehead atoms. The zero-order valence-electron chi connectivity index (χ0n) is 13.5. The lowest BCUT2D eigenvalue weighted by molar-refractivity contribution is -0.0527. The summed E-state index contributed by atoms with van der Waals surface area (Å²) in [5.41, 5.74) is 0. The highest BCUT2D eigenvalue weighted by molar-refractivity contribution is 6.99. The average Bonchev–Trinajstić information content (AvgIpc) is 3.23. The molecule has 0 amide bonds. The van der Waals surface area contributed by atoms with Gasteiger partial charge in [0.05, 0.1) is 0 Å². The molecular formula is C19H24O2Si. The van der Waals surface area contributed by atoms with Crippen LogP contribution in [0.3, 0.4) is 0 Å². The first-order chi connectivity index (χ1) is 10.4. The Bertz CT molecular complexity index is 588. The van der Waals surface area contributed by atoms with E-state index in [-0.39, 0.29) is 5.04 Å². The van der Waals surface area contributed by atoms with Gasteiger partial charge in [-0.05, 0) is 15.4 Å². The maximum Gasteiger partial charge on any atom is 0.264 e. The highest BCUT2D eigenvalue weighted by Gasteiger charge is 2.57. The Labute approximate surface area is 133 Å². The predicted molar refractivity (Wildman–Crippen MR) is 92.9 cm³/mol. The molecular weight excluding hydrogens is 288 g/mol. The summed E-state index contributed by atoms with van der Waals surface area (Å²) in [6, 6.07) is 20.9. The first kappa shape index (κ1) is 15.5. The number of aliphatic hydroxyl groups is 1. The van der Waals surface area contributed by atoms with Crippen molar-refractivity contribution in [1.29, 1.82) is 0 Å². The molecule has 3 heteroatoms. The maximum absolute atomic E-state index is 10.6. The Morgan fingerprint density at radius 1 is 0.864 bits per heavy atom. The minimum atomic E-state index is -2.57. The van der Waals surface area contributed by atoms with Crippen molar-refractivity contribution in [2.24, 2.45) is 0 Å². The van der Waals surface area contributed by atoms with Crippen molar-refractivity contribution < 1.29 is 9.53 Å². The first-order valence-corrected chi connectivity index (χ1v) is 9.82. The summed E-state index contributed by atoms with van der Waals surface area (Å²) < 4.78 is 6.57. The van der Waals surface area contributed by atoms with E-state index in [2.05, 4.69) is 69.3 Å². The molecule has 116 valence electrons. The largest absolute Gasteiger partial charge is 0.380 e. The predicted octanol–water partition coefficient (Wildman–Crippen LogP) is 3.05. The van der Waals surface area contributed by atoms with Crippen LogP contribution < -0.4 is 10.4 Å². The molecule has 0 radical (unpaired) electrons. The molecule has 0 aromatic heterocycles. The van der Waals surface area contributed by atoms with Crippen LogP contribution in [-0.2, 0) is 4.43 Å². The molecule has 0 heterocycles. The van der Waals surface area contributed by atoms with Crippen LogP contribution in [0, 0.1) is 0 Å². The Balaban J connectivity index is 2.23. The lowest BCUT2D eigenvalue weighted by Gasteiger charge is -2.44. The van der Waals surface area contributed by atoms with Gasteiger partial charge in [-0.2, -0.15) is 0 Å². The summed E-state index contributed by atoms with van der Waals surface area (Å²) in [5, 5.41) is 12.9. The SMILES string of the molecule is CC(C)(C)[Si](OC1(O)CC1)(c1ccccc1)c1ccccc1. The van der Waals surface area contributed by atoms with Gasteiger partial charge in [-0.25, -0.2) is 0 Å². The topological polar surface area (TPSA) is 29.5 Å². The van der Waals surface area contributed by atoms with Gasteiger partial charge in [-0.15, -0.1) is 0 Å². The van der Waals surface area contributed by atoms with Gasteiger partial charge in [-0.1, -0.05) is 81.4 Å². The van der Waals surface area contributed by atoms with Crippen molar-refractivity contribution in [2.75, 3.05) is 0 Å². The molecule has 1 aliphatic rings. The van der Waals surface area contributed by atoms with E-state index >= 15 is 0 Å². The first-order valence-electron chi connectivity index (χ1n) is 7.91. The molecule has 0 aliphatic heterocycles. The molecule has 2 nitrogen and oxygen atoms in total. The van der Waals surface area contributed by atoms with E-state index < -0.39 is 14.1 Å². The Morgan fingerprint density at radius 3 is 1.59 bits per heavy atom. The lowest BCUT2D eigenvalue weighted by Crippen LogP contribution is -2.68. The highest BCUT2D eigenvalue weighted by atomic mass is 28.4. The second-order valence-electron chi connectivity index (χ2n) is 7.21. The number of benzene rings is 2. The summed E-state index contributed by atoms with van der Waals surface area (Å²) in [5.74, 6) is -0.939. The summed E-state index contributed by atoms with van der Waals surface area (Å²) in [6.45, 7) is 6.68. The number of hydrogen-bond acceptors (Lipinski definition) is 2. The summed E-state index contributed by atoms with van der Waals surface area (Å²) >= 11 is 0. The van der Waals surface area contributed by atoms with Crippen molar-refractivity contribution in [1.82, 2.24) is 0 Å². The molecule has 1 saturated carbocycles. The van der Waals surface area contributed by atoms with Gasteiger partial charge in [0.2, 0.25) is 0 Å². The third-order valence-corrected chi connectivity index (χ3v) is 9.53. The van der Waals surface area contributed by atoms with E-state index in [0.29, 0.717) is 0 Å². The number of hydrogen-bond donors (Lipinski definition) is 1. The van der Waals surface area contributed by atoms with Gasteiger partial charge >= 0.3 is 0 Å². The Morgan fingerprint density at radius 2 is 1.27 bits per heavy atom. The second-order valence-corrected chi connectivity index (χ2v) is 11.4. The molecule has 1 aliphatic carbocycles. The fraction of sp³-hybridized carbons (Fsp3) is 0.368. The normalized spacial score (nSPS) is 17.3. The van der Waals surface area contributed by atoms with Crippen LogP contribution in [-0.4, -0.2) is 19.2 Å². The maximum atomic E-state index is 10.6. The Hall–Kier alpha value is -1.42. The van der Waals surface area contributed by atoms with Gasteiger partial charge in [0, 0.05) is 12.8 Å². The van der Waals surface area contributed by atoms with Gasteiger partial charge in [0.25, 0.3) is 8.32 Å². The monoisotopic (exact) mass is 312 g/mol. The quantitative estimate of drug-likeness (QED) is 0.694. The smallest absolute Gasteiger partial charge is 0.264 e. The summed E-state index contributed by atoms with van der Waals surface area (Å²) in [4.78, 5) is 0. The van der Waals surface area contributed by atoms with Crippen LogP contribution in [0.5, 0.6) is 0 Å². The van der Waals surface area contributed by atoms with E-state index in [1.165, 1.54) is 10.4 Å². The van der Waals surface area contributed by atoms with E-state index in [1.807, 2.05) is 12.1 Å². The highest BCUT2D eigenvalue weighted by Crippen LogP contribution is 2.45. The third kappa shape index (κ3) is 2.65. The second kappa shape index (κ2) is 5.34. The van der Waals surface area contributed by atoms with Crippen LogP contribution in [0.25, 0.3) is 0 Å². The zero-order chi connectivity index (χ0) is 15.8. The molecule has 0 atom stereocenters. The fourth-order valence-electron chi connectivity index (χ4n) is 3.14. The van der Waals surface area contributed by atoms with Crippen LogP contribution in [0.2, 0.25) is 5.04 Å². The zero-order valence-corrected chi connectivity index (χ0v) is 14.5. The summed E-state index contributed by atoms with van der Waals surface area (Å²) in [6.07, 6.45) is 1.47. The van der Waals surface area contributed by atoms with Crippen LogP contribution in [0.1, 0.15) is 33.6 Å². The van der Waals surface area contributed by atoms with E-state index in [9.17, 15) is 5.11 Å². The lowest BCUT2D eigenvalue weighted by atomic mass is 10.2. The molecule has 3 rings (SSSR count). The fourth-order valence-corrected chi connectivity index (χ4v) is 7.85. The molecule has 1 fully saturated rings. The van der Waals surface area contributed by atoms with Crippen molar-refractivity contribution >= 4 is 18.7 Å². The molecule has 0 spiro atoms. The average molecular weight is 312 g/mol. The summed E-state index contributed by atoms with van der Waals surface area (Å²) in [7, 11) is -2.57. The molecule has 22 heavy (non-hydrogen) atoms. The van der Waals surface area contributed by atoms with Crippen LogP contribution >= 0.6 is 0 Å². The van der Waals surface area contributed by atoms with Crippen molar-refractivity contribution in [2.45, 2.75) is 44.4 Å². The molecule has 2 aromatic carbocycles. The van der Waals surface area contributed by atoms with E-state index in [4.69, 9.17) is 4.43 Å². The van der Waals surface area contributed by atoms with Gasteiger partial charge in [0.1, 0.15) is 0 Å².